The number of ether oxygens (including phenoxy) is 1. The Bertz CT molecular complexity index is 391. The molecule has 0 aliphatic carbocycles. The molecular weight excluding hydrogens is 204 g/mol. The Morgan fingerprint density at radius 1 is 1.62 bits per heavy atom. The predicted molar refractivity (Wildman–Crippen MR) is 61.0 cm³/mol. The number of hydrogen-bond acceptors (Lipinski definition) is 4. The van der Waals surface area contributed by atoms with Crippen molar-refractivity contribution in [3.63, 3.8) is 0 Å². The lowest BCUT2D eigenvalue weighted by Crippen LogP contribution is -2.25. The van der Waals surface area contributed by atoms with E-state index in [1.54, 1.807) is 11.8 Å². The molecule has 1 atom stereocenters. The van der Waals surface area contributed by atoms with Gasteiger partial charge in [-0.15, -0.1) is 0 Å². The van der Waals surface area contributed by atoms with Crippen LogP contribution in [0.3, 0.4) is 0 Å². The van der Waals surface area contributed by atoms with Crippen molar-refractivity contribution in [3.05, 3.63) is 11.3 Å². The highest BCUT2D eigenvalue weighted by molar-refractivity contribution is 5.30. The molecule has 0 bridgehead atoms. The van der Waals surface area contributed by atoms with E-state index in [0.29, 0.717) is 13.0 Å². The minimum Gasteiger partial charge on any atom is -0.481 e. The van der Waals surface area contributed by atoms with Crippen molar-refractivity contribution in [2.75, 3.05) is 7.11 Å². The van der Waals surface area contributed by atoms with E-state index < -0.39 is 0 Å². The lowest BCUT2D eigenvalue weighted by molar-refractivity contribution is 0.367. The van der Waals surface area contributed by atoms with E-state index >= 15 is 0 Å². The number of nitrogens with one attached hydrogen (secondary N) is 1. The van der Waals surface area contributed by atoms with E-state index in [-0.39, 0.29) is 6.04 Å². The highest BCUT2D eigenvalue weighted by Crippen LogP contribution is 2.20. The maximum Gasteiger partial charge on any atom is 0.216 e. The molecule has 0 spiro atoms. The Labute approximate surface area is 96.0 Å². The number of methoxy groups -OCH3 is 1. The first-order valence-corrected chi connectivity index (χ1v) is 5.27. The number of hydrogen-bond donors (Lipinski definition) is 1. The SMILES string of the molecule is COc1c(CNC(C)CC#N)c(C)nn1C. The van der Waals surface area contributed by atoms with E-state index in [1.165, 1.54) is 0 Å². The van der Waals surface area contributed by atoms with Gasteiger partial charge in [0.25, 0.3) is 0 Å². The van der Waals surface area contributed by atoms with Crippen LogP contribution in [0, 0.1) is 18.3 Å². The second-order valence-corrected chi connectivity index (χ2v) is 3.84. The van der Waals surface area contributed by atoms with E-state index in [2.05, 4.69) is 16.5 Å². The molecule has 1 heterocycles. The minimum atomic E-state index is 0.175. The molecule has 0 amide bonds. The largest absolute Gasteiger partial charge is 0.481 e. The quantitative estimate of drug-likeness (QED) is 0.811. The molecule has 0 saturated heterocycles. The lowest BCUT2D eigenvalue weighted by atomic mass is 10.2. The zero-order chi connectivity index (χ0) is 12.1. The van der Waals surface area contributed by atoms with Crippen molar-refractivity contribution >= 4 is 0 Å². The molecule has 0 aliphatic rings. The fraction of sp³-hybridized carbons (Fsp3) is 0.636. The van der Waals surface area contributed by atoms with Crippen molar-refractivity contribution in [2.45, 2.75) is 32.9 Å². The standard InChI is InChI=1S/C11H18N4O/c1-8(5-6-12)13-7-10-9(2)14-15(3)11(10)16-4/h8,13H,5,7H2,1-4H3. The summed E-state index contributed by atoms with van der Waals surface area (Å²) in [5.74, 6) is 0.772. The van der Waals surface area contributed by atoms with Crippen LogP contribution in [0.4, 0.5) is 0 Å². The highest BCUT2D eigenvalue weighted by Gasteiger charge is 2.14. The molecule has 1 unspecified atom stereocenters. The van der Waals surface area contributed by atoms with Crippen molar-refractivity contribution < 1.29 is 4.74 Å². The summed E-state index contributed by atoms with van der Waals surface area (Å²) in [7, 11) is 3.49. The van der Waals surface area contributed by atoms with Gasteiger partial charge in [0.15, 0.2) is 0 Å². The summed E-state index contributed by atoms with van der Waals surface area (Å²) in [5.41, 5.74) is 2.01. The van der Waals surface area contributed by atoms with Gasteiger partial charge in [-0.3, -0.25) is 0 Å². The first-order chi connectivity index (χ1) is 7.60. The molecule has 5 heteroatoms. The maximum atomic E-state index is 8.56. The minimum absolute atomic E-state index is 0.175. The summed E-state index contributed by atoms with van der Waals surface area (Å²) in [6.07, 6.45) is 0.502. The summed E-state index contributed by atoms with van der Waals surface area (Å²) in [5, 5.41) is 16.1. The van der Waals surface area contributed by atoms with Gasteiger partial charge in [0.2, 0.25) is 5.88 Å². The van der Waals surface area contributed by atoms with Gasteiger partial charge in [-0.1, -0.05) is 0 Å². The smallest absolute Gasteiger partial charge is 0.216 e. The monoisotopic (exact) mass is 222 g/mol. The van der Waals surface area contributed by atoms with Gasteiger partial charge >= 0.3 is 0 Å². The van der Waals surface area contributed by atoms with Crippen LogP contribution in [0.2, 0.25) is 0 Å². The van der Waals surface area contributed by atoms with Gasteiger partial charge in [0.05, 0.1) is 30.9 Å². The zero-order valence-corrected chi connectivity index (χ0v) is 10.2. The third-order valence-corrected chi connectivity index (χ3v) is 2.51. The summed E-state index contributed by atoms with van der Waals surface area (Å²) >= 11 is 0. The fourth-order valence-corrected chi connectivity index (χ4v) is 1.63. The third-order valence-electron chi connectivity index (χ3n) is 2.51. The molecule has 1 aromatic rings. The molecule has 0 aliphatic heterocycles. The van der Waals surface area contributed by atoms with E-state index in [4.69, 9.17) is 10.00 Å². The molecular formula is C11H18N4O. The summed E-state index contributed by atoms with van der Waals surface area (Å²) in [4.78, 5) is 0. The van der Waals surface area contributed by atoms with Crippen molar-refractivity contribution in [1.29, 1.82) is 5.26 Å². The summed E-state index contributed by atoms with van der Waals surface area (Å²) in [6, 6.07) is 2.31. The van der Waals surface area contributed by atoms with Gasteiger partial charge in [-0.25, -0.2) is 4.68 Å². The van der Waals surface area contributed by atoms with Crippen LogP contribution in [-0.4, -0.2) is 22.9 Å². The number of aromatic nitrogens is 2. The number of nitrogens with zero attached hydrogens (tertiary/aromatic N) is 3. The first-order valence-electron chi connectivity index (χ1n) is 5.27. The molecule has 0 saturated carbocycles. The van der Waals surface area contributed by atoms with Crippen LogP contribution >= 0.6 is 0 Å². The zero-order valence-electron chi connectivity index (χ0n) is 10.2. The maximum absolute atomic E-state index is 8.56. The Morgan fingerprint density at radius 3 is 2.88 bits per heavy atom. The van der Waals surface area contributed by atoms with Crippen molar-refractivity contribution in [1.82, 2.24) is 15.1 Å². The van der Waals surface area contributed by atoms with Crippen LogP contribution in [0.1, 0.15) is 24.6 Å². The van der Waals surface area contributed by atoms with Gasteiger partial charge in [-0.05, 0) is 13.8 Å². The Kier molecular flexibility index (Phi) is 4.32. The fourth-order valence-electron chi connectivity index (χ4n) is 1.63. The Hall–Kier alpha value is -1.54. The van der Waals surface area contributed by atoms with Crippen LogP contribution in [0.5, 0.6) is 5.88 Å². The topological polar surface area (TPSA) is 62.9 Å². The molecule has 5 nitrogen and oxygen atoms in total. The molecule has 1 rings (SSSR count). The molecule has 0 aromatic carbocycles. The Morgan fingerprint density at radius 2 is 2.31 bits per heavy atom. The summed E-state index contributed by atoms with van der Waals surface area (Å²) in [6.45, 7) is 4.61. The molecule has 16 heavy (non-hydrogen) atoms. The van der Waals surface area contributed by atoms with Crippen LogP contribution < -0.4 is 10.1 Å². The van der Waals surface area contributed by atoms with E-state index in [9.17, 15) is 0 Å². The second-order valence-electron chi connectivity index (χ2n) is 3.84. The lowest BCUT2D eigenvalue weighted by Gasteiger charge is -2.10. The van der Waals surface area contributed by atoms with Crippen LogP contribution in [0.15, 0.2) is 0 Å². The van der Waals surface area contributed by atoms with Crippen molar-refractivity contribution in [3.8, 4) is 11.9 Å². The first kappa shape index (κ1) is 12.5. The number of nitriles is 1. The van der Waals surface area contributed by atoms with E-state index in [1.807, 2.05) is 20.9 Å². The van der Waals surface area contributed by atoms with Gasteiger partial charge in [0, 0.05) is 19.6 Å². The van der Waals surface area contributed by atoms with E-state index in [0.717, 1.165) is 17.1 Å². The average Bonchev–Trinajstić information content (AvgIpc) is 2.50. The van der Waals surface area contributed by atoms with Gasteiger partial charge < -0.3 is 10.1 Å². The van der Waals surface area contributed by atoms with Crippen LogP contribution in [-0.2, 0) is 13.6 Å². The average molecular weight is 222 g/mol. The Balaban J connectivity index is 2.70. The number of aryl methyl sites for hydroxylation is 2. The van der Waals surface area contributed by atoms with Gasteiger partial charge in [0.1, 0.15) is 0 Å². The van der Waals surface area contributed by atoms with Crippen molar-refractivity contribution in [2.24, 2.45) is 7.05 Å². The third kappa shape index (κ3) is 2.74. The van der Waals surface area contributed by atoms with Crippen LogP contribution in [0.25, 0.3) is 0 Å². The normalized spacial score (nSPS) is 12.2. The highest BCUT2D eigenvalue weighted by atomic mass is 16.5. The molecule has 0 fully saturated rings. The molecule has 1 N–H and O–H groups in total. The van der Waals surface area contributed by atoms with Gasteiger partial charge in [-0.2, -0.15) is 10.4 Å². The summed E-state index contributed by atoms with van der Waals surface area (Å²) < 4.78 is 7.01. The molecule has 0 radical (unpaired) electrons. The number of rotatable bonds is 5. The predicted octanol–water partition coefficient (Wildman–Crippen LogP) is 1.13. The molecule has 1 aromatic heterocycles. The molecule has 88 valence electrons. The second kappa shape index (κ2) is 5.52.